The highest BCUT2D eigenvalue weighted by molar-refractivity contribution is 14.1. The van der Waals surface area contributed by atoms with Gasteiger partial charge in [0.1, 0.15) is 5.76 Å². The molecule has 1 nitrogen and oxygen atoms in total. The number of hydrogen-bond donors (Lipinski definition) is 0. The fourth-order valence-electron chi connectivity index (χ4n) is 3.51. The van der Waals surface area contributed by atoms with E-state index in [4.69, 9.17) is 0 Å². The van der Waals surface area contributed by atoms with Gasteiger partial charge in [-0.25, -0.2) is 0 Å². The quantitative estimate of drug-likeness (QED) is 0.316. The lowest BCUT2D eigenvalue weighted by Crippen LogP contribution is -2.20. The van der Waals surface area contributed by atoms with Gasteiger partial charge >= 0.3 is 6.36 Å². The topological polar surface area (TPSA) is 9.23 Å². The maximum Gasteiger partial charge on any atom is 0.572 e. The van der Waals surface area contributed by atoms with Gasteiger partial charge < -0.3 is 4.74 Å². The Morgan fingerprint density at radius 3 is 2.68 bits per heavy atom. The SMILES string of the molecule is CC1CC2=C(C=C1OC(F)(F)F)c1ccsc1-c1ccccc1C2I. The third-order valence-corrected chi connectivity index (χ3v) is 6.99. The van der Waals surface area contributed by atoms with Crippen molar-refractivity contribution in [2.24, 2.45) is 5.92 Å². The third-order valence-electron chi connectivity index (χ3n) is 4.62. The minimum atomic E-state index is -4.66. The van der Waals surface area contributed by atoms with Crippen LogP contribution in [0.5, 0.6) is 0 Å². The molecule has 1 heterocycles. The Balaban J connectivity index is 1.92. The maximum atomic E-state index is 12.8. The normalized spacial score (nSPS) is 22.5. The fourth-order valence-corrected chi connectivity index (χ4v) is 5.61. The summed E-state index contributed by atoms with van der Waals surface area (Å²) in [6, 6.07) is 10.2. The molecule has 0 amide bonds. The van der Waals surface area contributed by atoms with Crippen LogP contribution in [-0.2, 0) is 4.74 Å². The van der Waals surface area contributed by atoms with Crippen molar-refractivity contribution < 1.29 is 17.9 Å². The number of fused-ring (bicyclic) bond motifs is 4. The van der Waals surface area contributed by atoms with Gasteiger partial charge in [0.2, 0.25) is 0 Å². The third kappa shape index (κ3) is 3.03. The first-order valence-corrected chi connectivity index (χ1v) is 9.99. The van der Waals surface area contributed by atoms with Gasteiger partial charge in [-0.1, -0.05) is 53.8 Å². The van der Waals surface area contributed by atoms with Crippen LogP contribution in [0.2, 0.25) is 0 Å². The first-order valence-electron chi connectivity index (χ1n) is 7.87. The lowest BCUT2D eigenvalue weighted by Gasteiger charge is -2.28. The van der Waals surface area contributed by atoms with E-state index in [1.807, 2.05) is 23.6 Å². The molecule has 0 N–H and O–H groups in total. The Kier molecular flexibility index (Phi) is 4.22. The lowest BCUT2D eigenvalue weighted by molar-refractivity contribution is -0.308. The van der Waals surface area contributed by atoms with Crippen molar-refractivity contribution in [2.75, 3.05) is 0 Å². The molecule has 0 saturated carbocycles. The molecule has 0 aliphatic heterocycles. The van der Waals surface area contributed by atoms with Gasteiger partial charge in [0.25, 0.3) is 0 Å². The number of allylic oxidation sites excluding steroid dienone is 4. The molecular formula is C19H14F3IOS. The van der Waals surface area contributed by atoms with E-state index in [2.05, 4.69) is 39.5 Å². The largest absolute Gasteiger partial charge is 0.572 e. The molecule has 25 heavy (non-hydrogen) atoms. The highest BCUT2D eigenvalue weighted by Crippen LogP contribution is 2.52. The first kappa shape index (κ1) is 17.1. The van der Waals surface area contributed by atoms with Crippen molar-refractivity contribution in [1.82, 2.24) is 0 Å². The molecule has 4 rings (SSSR count). The van der Waals surface area contributed by atoms with Crippen molar-refractivity contribution >= 4 is 39.5 Å². The molecule has 1 aromatic carbocycles. The van der Waals surface area contributed by atoms with Crippen molar-refractivity contribution in [3.8, 4) is 10.4 Å². The second kappa shape index (κ2) is 6.16. The number of hydrogen-bond acceptors (Lipinski definition) is 2. The molecule has 0 bridgehead atoms. The minimum Gasteiger partial charge on any atom is -0.410 e. The van der Waals surface area contributed by atoms with Crippen LogP contribution in [0.15, 0.2) is 53.1 Å². The first-order chi connectivity index (χ1) is 11.8. The van der Waals surface area contributed by atoms with Gasteiger partial charge in [-0.2, -0.15) is 0 Å². The standard InChI is InChI=1S/C19H14F3IOS/c1-10-8-15-14(9-16(10)24-19(20,21)22)13-6-7-25-18(13)12-5-3-2-4-11(12)17(15)23/h2-7,9-10,17H,8H2,1H3. The smallest absolute Gasteiger partial charge is 0.410 e. The Morgan fingerprint density at radius 1 is 1.16 bits per heavy atom. The van der Waals surface area contributed by atoms with Crippen molar-refractivity contribution in [2.45, 2.75) is 23.6 Å². The second-order valence-corrected chi connectivity index (χ2v) is 8.41. The summed E-state index contributed by atoms with van der Waals surface area (Å²) < 4.78 is 42.7. The van der Waals surface area contributed by atoms with Gasteiger partial charge in [0.05, 0.1) is 3.92 Å². The van der Waals surface area contributed by atoms with E-state index in [1.54, 1.807) is 24.3 Å². The summed E-state index contributed by atoms with van der Waals surface area (Å²) in [7, 11) is 0. The molecule has 1 aromatic heterocycles. The van der Waals surface area contributed by atoms with Crippen molar-refractivity contribution in [1.29, 1.82) is 0 Å². The summed E-state index contributed by atoms with van der Waals surface area (Å²) in [6.07, 6.45) is -2.50. The van der Waals surface area contributed by atoms with E-state index in [9.17, 15) is 13.2 Å². The molecule has 2 atom stereocenters. The number of thiophene rings is 1. The molecule has 2 unspecified atom stereocenters. The van der Waals surface area contributed by atoms with Gasteiger partial charge in [0.15, 0.2) is 0 Å². The van der Waals surface area contributed by atoms with Crippen LogP contribution in [0.25, 0.3) is 16.0 Å². The molecule has 0 fully saturated rings. The predicted molar refractivity (Wildman–Crippen MR) is 102 cm³/mol. The minimum absolute atomic E-state index is 0.00189. The Bertz CT molecular complexity index is 894. The predicted octanol–water partition coefficient (Wildman–Crippen LogP) is 7.12. The van der Waals surface area contributed by atoms with E-state index < -0.39 is 6.36 Å². The van der Waals surface area contributed by atoms with E-state index in [-0.39, 0.29) is 15.6 Å². The van der Waals surface area contributed by atoms with Gasteiger partial charge in [-0.05, 0) is 46.2 Å². The average Bonchev–Trinajstić information content (AvgIpc) is 3.01. The highest BCUT2D eigenvalue weighted by atomic mass is 127. The molecule has 130 valence electrons. The molecular weight excluding hydrogens is 460 g/mol. The van der Waals surface area contributed by atoms with Gasteiger partial charge in [0, 0.05) is 16.4 Å². The summed E-state index contributed by atoms with van der Waals surface area (Å²) in [6.45, 7) is 1.79. The Hall–Kier alpha value is -1.28. The number of benzene rings is 1. The van der Waals surface area contributed by atoms with Crippen LogP contribution in [0.4, 0.5) is 13.2 Å². The summed E-state index contributed by atoms with van der Waals surface area (Å²) in [5, 5.41) is 2.00. The van der Waals surface area contributed by atoms with Gasteiger partial charge in [-0.3, -0.25) is 0 Å². The summed E-state index contributed by atoms with van der Waals surface area (Å²) in [5.74, 6) is -0.303. The fraction of sp³-hybridized carbons (Fsp3) is 0.263. The Morgan fingerprint density at radius 2 is 1.92 bits per heavy atom. The molecule has 6 heteroatoms. The van der Waals surface area contributed by atoms with Crippen molar-refractivity contribution in [3.05, 3.63) is 64.2 Å². The number of ether oxygens (including phenoxy) is 1. The summed E-state index contributed by atoms with van der Waals surface area (Å²) in [5.41, 5.74) is 5.44. The summed E-state index contributed by atoms with van der Waals surface area (Å²) >= 11 is 4.03. The van der Waals surface area contributed by atoms with Crippen LogP contribution >= 0.6 is 33.9 Å². The van der Waals surface area contributed by atoms with E-state index >= 15 is 0 Å². The van der Waals surface area contributed by atoms with Gasteiger partial charge in [-0.15, -0.1) is 24.5 Å². The number of halogens is 4. The van der Waals surface area contributed by atoms with Crippen LogP contribution in [-0.4, -0.2) is 6.36 Å². The van der Waals surface area contributed by atoms with Crippen LogP contribution in [0, 0.1) is 5.92 Å². The summed E-state index contributed by atoms with van der Waals surface area (Å²) in [4.78, 5) is 1.11. The van der Waals surface area contributed by atoms with Crippen LogP contribution in [0.1, 0.15) is 28.4 Å². The molecule has 0 radical (unpaired) electrons. The molecule has 2 aliphatic rings. The average molecular weight is 474 g/mol. The van der Waals surface area contributed by atoms with E-state index in [0.29, 0.717) is 6.42 Å². The zero-order valence-electron chi connectivity index (χ0n) is 13.2. The van der Waals surface area contributed by atoms with Crippen molar-refractivity contribution in [3.63, 3.8) is 0 Å². The molecule has 0 spiro atoms. The number of alkyl halides is 4. The zero-order valence-corrected chi connectivity index (χ0v) is 16.2. The highest BCUT2D eigenvalue weighted by Gasteiger charge is 2.37. The second-order valence-electron chi connectivity index (χ2n) is 6.25. The molecule has 0 saturated heterocycles. The van der Waals surface area contributed by atoms with Crippen LogP contribution in [0.3, 0.4) is 0 Å². The van der Waals surface area contributed by atoms with E-state index in [0.717, 1.165) is 16.0 Å². The zero-order chi connectivity index (χ0) is 17.8. The maximum absolute atomic E-state index is 12.8. The van der Waals surface area contributed by atoms with E-state index in [1.165, 1.54) is 16.7 Å². The number of rotatable bonds is 1. The monoisotopic (exact) mass is 474 g/mol. The lowest BCUT2D eigenvalue weighted by atomic mass is 9.85. The Labute approximate surface area is 161 Å². The molecule has 2 aliphatic carbocycles. The molecule has 2 aromatic rings. The van der Waals surface area contributed by atoms with Crippen LogP contribution < -0.4 is 0 Å².